The number of halogens is 2. The average molecular weight is 316 g/mol. The van der Waals surface area contributed by atoms with E-state index in [1.54, 1.807) is 25.3 Å². The molecule has 2 aromatic heterocycles. The minimum atomic E-state index is -0.689. The molecule has 2 heterocycles. The third-order valence-electron chi connectivity index (χ3n) is 3.07. The highest BCUT2D eigenvalue weighted by Crippen LogP contribution is 2.23. The first-order valence-electron chi connectivity index (χ1n) is 6.95. The van der Waals surface area contributed by atoms with Gasteiger partial charge >= 0.3 is 0 Å². The molecular weight excluding hydrogens is 302 g/mol. The average Bonchev–Trinajstić information content (AvgIpc) is 3.02. The number of anilines is 3. The molecule has 0 atom stereocenters. The summed E-state index contributed by atoms with van der Waals surface area (Å²) in [6.07, 6.45) is 1.57. The van der Waals surface area contributed by atoms with Gasteiger partial charge in [0.15, 0.2) is 0 Å². The van der Waals surface area contributed by atoms with Crippen LogP contribution in [0.4, 0.5) is 26.2 Å². The van der Waals surface area contributed by atoms with Crippen LogP contribution in [-0.4, -0.2) is 9.97 Å². The molecule has 23 heavy (non-hydrogen) atoms. The molecule has 0 fully saturated rings. The van der Waals surface area contributed by atoms with Crippen LogP contribution in [0.5, 0.6) is 0 Å². The Labute approximate surface area is 131 Å². The van der Waals surface area contributed by atoms with E-state index in [2.05, 4.69) is 20.6 Å². The van der Waals surface area contributed by atoms with Gasteiger partial charge in [0.05, 0.1) is 12.8 Å². The lowest BCUT2D eigenvalue weighted by Gasteiger charge is -2.10. The Bertz CT molecular complexity index is 786. The number of benzene rings is 1. The van der Waals surface area contributed by atoms with Crippen molar-refractivity contribution in [2.75, 3.05) is 10.6 Å². The van der Waals surface area contributed by atoms with E-state index in [4.69, 9.17) is 4.42 Å². The molecule has 2 N–H and O–H groups in total. The summed E-state index contributed by atoms with van der Waals surface area (Å²) in [4.78, 5) is 8.43. The monoisotopic (exact) mass is 316 g/mol. The molecule has 0 saturated heterocycles. The zero-order valence-electron chi connectivity index (χ0n) is 12.3. The van der Waals surface area contributed by atoms with Crippen LogP contribution >= 0.6 is 0 Å². The summed E-state index contributed by atoms with van der Waals surface area (Å²) < 4.78 is 32.6. The van der Waals surface area contributed by atoms with E-state index in [-0.39, 0.29) is 5.69 Å². The molecule has 0 radical (unpaired) electrons. The Hall–Kier alpha value is -2.96. The largest absolute Gasteiger partial charge is 0.467 e. The molecule has 0 unspecified atom stereocenters. The molecule has 5 nitrogen and oxygen atoms in total. The van der Waals surface area contributed by atoms with Gasteiger partial charge in [-0.3, -0.25) is 0 Å². The van der Waals surface area contributed by atoms with Gasteiger partial charge in [-0.1, -0.05) is 6.07 Å². The van der Waals surface area contributed by atoms with E-state index >= 15 is 0 Å². The molecule has 1 aromatic carbocycles. The molecule has 0 aliphatic carbocycles. The van der Waals surface area contributed by atoms with Gasteiger partial charge in [-0.25, -0.2) is 13.8 Å². The zero-order valence-corrected chi connectivity index (χ0v) is 12.3. The summed E-state index contributed by atoms with van der Waals surface area (Å²) in [5, 5.41) is 5.65. The SMILES string of the molecule is Cc1cc(Nc2c(F)cccc2F)nc(NCc2ccco2)n1. The second kappa shape index (κ2) is 6.43. The zero-order chi connectivity index (χ0) is 16.2. The van der Waals surface area contributed by atoms with Crippen molar-refractivity contribution in [3.05, 3.63) is 65.7 Å². The molecule has 7 heteroatoms. The minimum absolute atomic E-state index is 0.248. The fourth-order valence-electron chi connectivity index (χ4n) is 2.04. The third-order valence-corrected chi connectivity index (χ3v) is 3.07. The lowest BCUT2D eigenvalue weighted by Crippen LogP contribution is -2.07. The summed E-state index contributed by atoms with van der Waals surface area (Å²) in [5.41, 5.74) is 0.406. The van der Waals surface area contributed by atoms with Crippen molar-refractivity contribution in [2.24, 2.45) is 0 Å². The minimum Gasteiger partial charge on any atom is -0.467 e. The number of para-hydroxylation sites is 1. The van der Waals surface area contributed by atoms with Crippen LogP contribution in [0.25, 0.3) is 0 Å². The Morgan fingerprint density at radius 2 is 1.87 bits per heavy atom. The number of furan rings is 1. The number of nitrogens with zero attached hydrogens (tertiary/aromatic N) is 2. The first kappa shape index (κ1) is 15.0. The van der Waals surface area contributed by atoms with Gasteiger partial charge < -0.3 is 15.1 Å². The molecule has 118 valence electrons. The van der Waals surface area contributed by atoms with Crippen molar-refractivity contribution < 1.29 is 13.2 Å². The second-order valence-corrected chi connectivity index (χ2v) is 4.87. The van der Waals surface area contributed by atoms with Gasteiger partial charge in [0.25, 0.3) is 0 Å². The molecule has 0 bridgehead atoms. The number of aryl methyl sites for hydroxylation is 1. The molecule has 0 amide bonds. The number of rotatable bonds is 5. The summed E-state index contributed by atoms with van der Waals surface area (Å²) in [6.45, 7) is 2.17. The molecule has 0 aliphatic heterocycles. The maximum Gasteiger partial charge on any atom is 0.225 e. The second-order valence-electron chi connectivity index (χ2n) is 4.87. The highest BCUT2D eigenvalue weighted by molar-refractivity contribution is 5.58. The fourth-order valence-corrected chi connectivity index (χ4v) is 2.04. The van der Waals surface area contributed by atoms with Gasteiger partial charge in [0.1, 0.15) is 28.9 Å². The highest BCUT2D eigenvalue weighted by Gasteiger charge is 2.10. The number of nitrogens with one attached hydrogen (secondary N) is 2. The molecule has 0 aliphatic rings. The van der Waals surface area contributed by atoms with Crippen LogP contribution < -0.4 is 10.6 Å². The van der Waals surface area contributed by atoms with Crippen molar-refractivity contribution in [3.63, 3.8) is 0 Å². The smallest absolute Gasteiger partial charge is 0.225 e. The van der Waals surface area contributed by atoms with Crippen molar-refractivity contribution in [3.8, 4) is 0 Å². The van der Waals surface area contributed by atoms with Gasteiger partial charge in [-0.05, 0) is 31.2 Å². The van der Waals surface area contributed by atoms with Gasteiger partial charge in [0.2, 0.25) is 5.95 Å². The van der Waals surface area contributed by atoms with Crippen molar-refractivity contribution in [1.82, 2.24) is 9.97 Å². The quantitative estimate of drug-likeness (QED) is 0.744. The number of aromatic nitrogens is 2. The van der Waals surface area contributed by atoms with E-state index in [9.17, 15) is 8.78 Å². The molecule has 0 spiro atoms. The number of hydrogen-bond donors (Lipinski definition) is 2. The van der Waals surface area contributed by atoms with Crippen molar-refractivity contribution in [2.45, 2.75) is 13.5 Å². The van der Waals surface area contributed by atoms with Gasteiger partial charge in [-0.2, -0.15) is 4.98 Å². The summed E-state index contributed by atoms with van der Waals surface area (Å²) in [5.74, 6) is -0.0217. The van der Waals surface area contributed by atoms with Gasteiger partial charge in [-0.15, -0.1) is 0 Å². The maximum atomic E-state index is 13.7. The fraction of sp³-hybridized carbons (Fsp3) is 0.125. The summed E-state index contributed by atoms with van der Waals surface area (Å²) >= 11 is 0. The molecule has 3 rings (SSSR count). The highest BCUT2D eigenvalue weighted by atomic mass is 19.1. The van der Waals surface area contributed by atoms with E-state index < -0.39 is 11.6 Å². The lowest BCUT2D eigenvalue weighted by atomic mass is 10.3. The van der Waals surface area contributed by atoms with E-state index in [0.29, 0.717) is 24.0 Å². The predicted octanol–water partition coefficient (Wildman–Crippen LogP) is 4.01. The number of hydrogen-bond acceptors (Lipinski definition) is 5. The van der Waals surface area contributed by atoms with Crippen molar-refractivity contribution >= 4 is 17.5 Å². The Balaban J connectivity index is 1.80. The Kier molecular flexibility index (Phi) is 4.18. The normalized spacial score (nSPS) is 10.6. The van der Waals surface area contributed by atoms with Crippen molar-refractivity contribution in [1.29, 1.82) is 0 Å². The van der Waals surface area contributed by atoms with Crippen LogP contribution in [0.2, 0.25) is 0 Å². The van der Waals surface area contributed by atoms with Crippen LogP contribution in [0.3, 0.4) is 0 Å². The summed E-state index contributed by atoms with van der Waals surface area (Å²) in [6, 6.07) is 8.85. The Morgan fingerprint density at radius 3 is 2.57 bits per heavy atom. The van der Waals surface area contributed by atoms with E-state index in [1.165, 1.54) is 18.2 Å². The van der Waals surface area contributed by atoms with Gasteiger partial charge in [0, 0.05) is 11.8 Å². The first-order chi connectivity index (χ1) is 11.1. The maximum absolute atomic E-state index is 13.7. The topological polar surface area (TPSA) is 63.0 Å². The predicted molar refractivity (Wildman–Crippen MR) is 82.4 cm³/mol. The van der Waals surface area contributed by atoms with Crippen LogP contribution in [0, 0.1) is 18.6 Å². The molecular formula is C16H14F2N4O. The third kappa shape index (κ3) is 3.63. The standard InChI is InChI=1S/C16H14F2N4O/c1-10-8-14(21-15-12(17)5-2-6-13(15)18)22-16(20-10)19-9-11-4-3-7-23-11/h2-8H,9H2,1H3,(H2,19,20,21,22). The van der Waals surface area contributed by atoms with E-state index in [0.717, 1.165) is 5.76 Å². The summed E-state index contributed by atoms with van der Waals surface area (Å²) in [7, 11) is 0. The Morgan fingerprint density at radius 1 is 1.09 bits per heavy atom. The van der Waals surface area contributed by atoms with Crippen LogP contribution in [0.15, 0.2) is 47.1 Å². The van der Waals surface area contributed by atoms with Crippen LogP contribution in [0.1, 0.15) is 11.5 Å². The molecule has 0 saturated carbocycles. The lowest BCUT2D eigenvalue weighted by molar-refractivity contribution is 0.517. The first-order valence-corrected chi connectivity index (χ1v) is 6.95. The molecule has 3 aromatic rings. The van der Waals surface area contributed by atoms with E-state index in [1.807, 2.05) is 6.07 Å². The van der Waals surface area contributed by atoms with Crippen LogP contribution in [-0.2, 0) is 6.54 Å².